The van der Waals surface area contributed by atoms with Crippen LogP contribution in [0.3, 0.4) is 0 Å². The number of hydrogen-bond acceptors (Lipinski definition) is 4. The summed E-state index contributed by atoms with van der Waals surface area (Å²) in [6, 6.07) is 15.6. The first-order valence-corrected chi connectivity index (χ1v) is 12.6. The molecule has 0 saturated carbocycles. The molecule has 196 valence electrons. The Balaban J connectivity index is 2.37. The third-order valence-electron chi connectivity index (χ3n) is 5.55. The molecule has 2 rings (SSSR count). The van der Waals surface area contributed by atoms with Crippen LogP contribution < -0.4 is 10.6 Å². The van der Waals surface area contributed by atoms with Crippen LogP contribution in [-0.4, -0.2) is 41.0 Å². The highest BCUT2D eigenvalue weighted by molar-refractivity contribution is 5.92. The Hall–Kier alpha value is -3.35. The summed E-state index contributed by atoms with van der Waals surface area (Å²) in [5, 5.41) is 5.74. The third-order valence-corrected chi connectivity index (χ3v) is 5.55. The van der Waals surface area contributed by atoms with Gasteiger partial charge in [0.15, 0.2) is 0 Å². The molecule has 0 aromatic heterocycles. The second-order valence-corrected chi connectivity index (χ2v) is 10.5. The predicted octanol–water partition coefficient (Wildman–Crippen LogP) is 5.14. The predicted molar refractivity (Wildman–Crippen MR) is 142 cm³/mol. The number of alkyl carbamates (subject to hydrolysis) is 1. The van der Waals surface area contributed by atoms with Gasteiger partial charge in [-0.15, -0.1) is 0 Å². The summed E-state index contributed by atoms with van der Waals surface area (Å²) in [5.41, 5.74) is 1.98. The number of nitrogens with zero attached hydrogens (tertiary/aromatic N) is 1. The van der Waals surface area contributed by atoms with Gasteiger partial charge in [0.25, 0.3) is 0 Å². The summed E-state index contributed by atoms with van der Waals surface area (Å²) in [4.78, 5) is 41.5. The fraction of sp³-hybridized carbons (Fsp3) is 0.483. The number of hydrogen-bond donors (Lipinski definition) is 2. The van der Waals surface area contributed by atoms with E-state index in [1.807, 2.05) is 82.3 Å². The standard InChI is InChI=1S/C29H41N3O4/c1-8-32(27(34)24(17-20(2)3)31-28(35)36-29(5,6)7)25(23-16-12-13-21(4)18-23)26(33)30-19-22-14-10-9-11-15-22/h9-16,18,20,24-25H,8,17,19H2,1-7H3,(H,30,33)(H,31,35). The van der Waals surface area contributed by atoms with Crippen molar-refractivity contribution in [2.45, 2.75) is 79.1 Å². The van der Waals surface area contributed by atoms with Crippen molar-refractivity contribution in [2.75, 3.05) is 6.54 Å². The lowest BCUT2D eigenvalue weighted by molar-refractivity contribution is -0.142. The van der Waals surface area contributed by atoms with E-state index in [1.165, 1.54) is 0 Å². The number of nitrogens with one attached hydrogen (secondary N) is 2. The van der Waals surface area contributed by atoms with Crippen LogP contribution in [0.2, 0.25) is 0 Å². The van der Waals surface area contributed by atoms with Gasteiger partial charge in [-0.1, -0.05) is 74.0 Å². The van der Waals surface area contributed by atoms with Crippen molar-refractivity contribution < 1.29 is 19.1 Å². The molecule has 0 aliphatic carbocycles. The van der Waals surface area contributed by atoms with Gasteiger partial charge in [-0.05, 0) is 58.1 Å². The highest BCUT2D eigenvalue weighted by Gasteiger charge is 2.35. The fourth-order valence-corrected chi connectivity index (χ4v) is 4.00. The summed E-state index contributed by atoms with van der Waals surface area (Å²) in [7, 11) is 0. The quantitative estimate of drug-likeness (QED) is 0.478. The second kappa shape index (κ2) is 13.1. The van der Waals surface area contributed by atoms with Gasteiger partial charge in [0.1, 0.15) is 17.7 Å². The largest absolute Gasteiger partial charge is 0.444 e. The molecule has 0 heterocycles. The average Bonchev–Trinajstić information content (AvgIpc) is 2.79. The number of rotatable bonds is 10. The van der Waals surface area contributed by atoms with Crippen LogP contribution in [0, 0.1) is 12.8 Å². The van der Waals surface area contributed by atoms with Gasteiger partial charge in [-0.3, -0.25) is 9.59 Å². The van der Waals surface area contributed by atoms with Crippen molar-refractivity contribution in [1.82, 2.24) is 15.5 Å². The molecule has 0 bridgehead atoms. The van der Waals surface area contributed by atoms with Crippen LogP contribution in [0.4, 0.5) is 4.79 Å². The van der Waals surface area contributed by atoms with Crippen LogP contribution in [-0.2, 0) is 20.9 Å². The van der Waals surface area contributed by atoms with Crippen LogP contribution in [0.25, 0.3) is 0 Å². The minimum Gasteiger partial charge on any atom is -0.444 e. The Morgan fingerprint density at radius 2 is 1.67 bits per heavy atom. The van der Waals surface area contributed by atoms with Crippen molar-refractivity contribution in [3.63, 3.8) is 0 Å². The van der Waals surface area contributed by atoms with Gasteiger partial charge in [-0.25, -0.2) is 4.79 Å². The van der Waals surface area contributed by atoms with Gasteiger partial charge in [-0.2, -0.15) is 0 Å². The first-order valence-electron chi connectivity index (χ1n) is 12.6. The molecule has 3 amide bonds. The molecule has 0 spiro atoms. The summed E-state index contributed by atoms with van der Waals surface area (Å²) in [6.45, 7) is 13.7. The number of amides is 3. The molecule has 2 atom stereocenters. The minimum absolute atomic E-state index is 0.136. The number of aryl methyl sites for hydroxylation is 1. The van der Waals surface area contributed by atoms with Crippen molar-refractivity contribution in [3.8, 4) is 0 Å². The number of carbonyl (C=O) groups is 3. The maximum Gasteiger partial charge on any atom is 0.408 e. The first kappa shape index (κ1) is 28.9. The highest BCUT2D eigenvalue weighted by atomic mass is 16.6. The van der Waals surface area contributed by atoms with E-state index in [-0.39, 0.29) is 17.7 Å². The van der Waals surface area contributed by atoms with Crippen molar-refractivity contribution in [3.05, 3.63) is 71.3 Å². The van der Waals surface area contributed by atoms with Crippen LogP contribution in [0.1, 0.15) is 70.7 Å². The number of ether oxygens (including phenoxy) is 1. The Morgan fingerprint density at radius 3 is 2.22 bits per heavy atom. The van der Waals surface area contributed by atoms with Crippen LogP contribution >= 0.6 is 0 Å². The van der Waals surface area contributed by atoms with Gasteiger partial charge in [0.2, 0.25) is 11.8 Å². The van der Waals surface area contributed by atoms with Gasteiger partial charge < -0.3 is 20.3 Å². The molecule has 2 unspecified atom stereocenters. The normalized spacial score (nSPS) is 13.0. The zero-order valence-corrected chi connectivity index (χ0v) is 22.6. The van der Waals surface area contributed by atoms with E-state index in [0.29, 0.717) is 19.5 Å². The molecular formula is C29H41N3O4. The highest BCUT2D eigenvalue weighted by Crippen LogP contribution is 2.24. The maximum atomic E-state index is 13.9. The molecule has 7 heteroatoms. The monoisotopic (exact) mass is 495 g/mol. The van der Waals surface area contributed by atoms with E-state index < -0.39 is 23.8 Å². The maximum absolute atomic E-state index is 13.9. The van der Waals surface area contributed by atoms with E-state index in [1.54, 1.807) is 25.7 Å². The fourth-order valence-electron chi connectivity index (χ4n) is 4.00. The summed E-state index contributed by atoms with van der Waals surface area (Å²) >= 11 is 0. The molecule has 0 aliphatic heterocycles. The molecule has 0 radical (unpaired) electrons. The second-order valence-electron chi connectivity index (χ2n) is 10.5. The van der Waals surface area contributed by atoms with Crippen LogP contribution in [0.15, 0.2) is 54.6 Å². The molecule has 0 saturated heterocycles. The SMILES string of the molecule is CCN(C(=O)C(CC(C)C)NC(=O)OC(C)(C)C)C(C(=O)NCc1ccccc1)c1cccc(C)c1. The summed E-state index contributed by atoms with van der Waals surface area (Å²) in [5.74, 6) is -0.462. The topological polar surface area (TPSA) is 87.7 Å². The van der Waals surface area contributed by atoms with Gasteiger partial charge in [0, 0.05) is 13.1 Å². The van der Waals surface area contributed by atoms with Crippen molar-refractivity contribution in [1.29, 1.82) is 0 Å². The smallest absolute Gasteiger partial charge is 0.408 e. The Labute approximate surface area is 215 Å². The van der Waals surface area contributed by atoms with E-state index in [0.717, 1.165) is 16.7 Å². The molecular weight excluding hydrogens is 454 g/mol. The third kappa shape index (κ3) is 9.02. The lowest BCUT2D eigenvalue weighted by Gasteiger charge is -2.34. The number of carbonyl (C=O) groups excluding carboxylic acids is 3. The molecule has 36 heavy (non-hydrogen) atoms. The zero-order valence-electron chi connectivity index (χ0n) is 22.6. The Bertz CT molecular complexity index is 1010. The minimum atomic E-state index is -0.846. The first-order chi connectivity index (χ1) is 16.9. The lowest BCUT2D eigenvalue weighted by Crippen LogP contribution is -2.53. The van der Waals surface area contributed by atoms with Crippen LogP contribution in [0.5, 0.6) is 0 Å². The van der Waals surface area contributed by atoms with E-state index in [2.05, 4.69) is 10.6 Å². The number of likely N-dealkylation sites (N-methyl/N-ethyl adjacent to an activating group) is 1. The molecule has 7 nitrogen and oxygen atoms in total. The van der Waals surface area contributed by atoms with E-state index in [4.69, 9.17) is 4.74 Å². The van der Waals surface area contributed by atoms with E-state index in [9.17, 15) is 14.4 Å². The summed E-state index contributed by atoms with van der Waals surface area (Å²) in [6.07, 6.45) is -0.237. The average molecular weight is 496 g/mol. The van der Waals surface area contributed by atoms with E-state index >= 15 is 0 Å². The molecule has 2 aromatic carbocycles. The summed E-state index contributed by atoms with van der Waals surface area (Å²) < 4.78 is 5.41. The Morgan fingerprint density at radius 1 is 1.00 bits per heavy atom. The van der Waals surface area contributed by atoms with Crippen molar-refractivity contribution in [2.24, 2.45) is 5.92 Å². The molecule has 2 N–H and O–H groups in total. The Kier molecular flexibility index (Phi) is 10.5. The lowest BCUT2D eigenvalue weighted by atomic mass is 9.98. The zero-order chi connectivity index (χ0) is 26.9. The number of benzene rings is 2. The van der Waals surface area contributed by atoms with Crippen molar-refractivity contribution >= 4 is 17.9 Å². The van der Waals surface area contributed by atoms with Gasteiger partial charge in [0.05, 0.1) is 0 Å². The molecule has 2 aromatic rings. The molecule has 0 aliphatic rings. The van der Waals surface area contributed by atoms with Gasteiger partial charge >= 0.3 is 6.09 Å². The molecule has 0 fully saturated rings.